The van der Waals surface area contributed by atoms with E-state index in [1.807, 2.05) is 25.1 Å². The topological polar surface area (TPSA) is 66.5 Å². The number of hydrogen-bond donors (Lipinski definition) is 1. The van der Waals surface area contributed by atoms with Crippen LogP contribution in [-0.4, -0.2) is 21.4 Å². The van der Waals surface area contributed by atoms with Crippen molar-refractivity contribution < 1.29 is 13.2 Å². The van der Waals surface area contributed by atoms with Gasteiger partial charge in [0, 0.05) is 24.2 Å². The Labute approximate surface area is 182 Å². The van der Waals surface area contributed by atoms with E-state index in [-0.39, 0.29) is 10.8 Å². The maximum Gasteiger partial charge on any atom is 0.264 e. The second kappa shape index (κ2) is 8.90. The van der Waals surface area contributed by atoms with E-state index in [2.05, 4.69) is 5.32 Å². The third-order valence-electron chi connectivity index (χ3n) is 4.87. The Morgan fingerprint density at radius 3 is 2.30 bits per heavy atom. The summed E-state index contributed by atoms with van der Waals surface area (Å²) >= 11 is 6.12. The van der Waals surface area contributed by atoms with E-state index < -0.39 is 10.0 Å². The van der Waals surface area contributed by atoms with Crippen molar-refractivity contribution in [2.24, 2.45) is 0 Å². The van der Waals surface area contributed by atoms with Crippen LogP contribution in [0, 0.1) is 13.8 Å². The molecule has 0 saturated carbocycles. The lowest BCUT2D eigenvalue weighted by Gasteiger charge is -2.22. The van der Waals surface area contributed by atoms with Crippen molar-refractivity contribution in [1.82, 2.24) is 5.32 Å². The summed E-state index contributed by atoms with van der Waals surface area (Å²) < 4.78 is 27.1. The van der Waals surface area contributed by atoms with Crippen molar-refractivity contribution in [1.29, 1.82) is 0 Å². The molecule has 0 heterocycles. The fourth-order valence-corrected chi connectivity index (χ4v) is 4.53. The minimum absolute atomic E-state index is 0.219. The monoisotopic (exact) mass is 442 g/mol. The molecule has 30 heavy (non-hydrogen) atoms. The number of benzene rings is 3. The van der Waals surface area contributed by atoms with Crippen LogP contribution in [0.25, 0.3) is 0 Å². The molecule has 0 aliphatic heterocycles. The number of amides is 1. The van der Waals surface area contributed by atoms with Crippen LogP contribution in [0.4, 0.5) is 5.69 Å². The normalized spacial score (nSPS) is 11.2. The van der Waals surface area contributed by atoms with Crippen molar-refractivity contribution in [3.63, 3.8) is 0 Å². The van der Waals surface area contributed by atoms with Crippen molar-refractivity contribution in [3.8, 4) is 0 Å². The van der Waals surface area contributed by atoms with Gasteiger partial charge in [0.05, 0.1) is 10.6 Å². The van der Waals surface area contributed by atoms with Gasteiger partial charge in [0.1, 0.15) is 0 Å². The lowest BCUT2D eigenvalue weighted by Crippen LogP contribution is -2.28. The van der Waals surface area contributed by atoms with Gasteiger partial charge >= 0.3 is 0 Å². The molecular formula is C23H23ClN2O3S. The van der Waals surface area contributed by atoms with Crippen LogP contribution < -0.4 is 9.62 Å². The number of aryl methyl sites for hydroxylation is 2. The van der Waals surface area contributed by atoms with Crippen molar-refractivity contribution in [3.05, 3.63) is 94.0 Å². The first-order chi connectivity index (χ1) is 14.2. The zero-order valence-corrected chi connectivity index (χ0v) is 18.6. The summed E-state index contributed by atoms with van der Waals surface area (Å²) in [5.74, 6) is -0.256. The number of carbonyl (C=O) groups is 1. The van der Waals surface area contributed by atoms with E-state index in [4.69, 9.17) is 11.6 Å². The van der Waals surface area contributed by atoms with E-state index in [1.165, 1.54) is 11.4 Å². The standard InChI is InChI=1S/C23H23ClN2O3S/c1-16-8-11-20(12-9-16)30(28,29)26(3)22-13-10-18(14-17(22)2)23(27)25-15-19-6-4-5-7-21(19)24/h4-14H,15H2,1-3H3,(H,25,27). The molecule has 0 atom stereocenters. The molecule has 3 rings (SSSR count). The fourth-order valence-electron chi connectivity index (χ4n) is 3.07. The largest absolute Gasteiger partial charge is 0.348 e. The Kier molecular flexibility index (Phi) is 6.48. The SMILES string of the molecule is Cc1ccc(S(=O)(=O)N(C)c2ccc(C(=O)NCc3ccccc3Cl)cc2C)cc1. The molecule has 0 aliphatic carbocycles. The number of nitrogens with one attached hydrogen (secondary N) is 1. The fraction of sp³-hybridized carbons (Fsp3) is 0.174. The molecule has 3 aromatic carbocycles. The van der Waals surface area contributed by atoms with Gasteiger partial charge in [-0.1, -0.05) is 47.5 Å². The van der Waals surface area contributed by atoms with Crippen LogP contribution in [0.15, 0.2) is 71.6 Å². The van der Waals surface area contributed by atoms with Crippen LogP contribution in [0.5, 0.6) is 0 Å². The number of halogens is 1. The van der Waals surface area contributed by atoms with Crippen molar-refractivity contribution in [2.45, 2.75) is 25.3 Å². The molecule has 1 amide bonds. The van der Waals surface area contributed by atoms with Crippen LogP contribution in [0.3, 0.4) is 0 Å². The molecule has 1 N–H and O–H groups in total. The molecular weight excluding hydrogens is 420 g/mol. The zero-order chi connectivity index (χ0) is 21.9. The Balaban J connectivity index is 1.78. The Bertz CT molecular complexity index is 1180. The molecule has 0 saturated heterocycles. The van der Waals surface area contributed by atoms with Crippen LogP contribution in [0.1, 0.15) is 27.0 Å². The molecule has 0 aromatic heterocycles. The summed E-state index contributed by atoms with van der Waals surface area (Å²) in [6.07, 6.45) is 0. The highest BCUT2D eigenvalue weighted by atomic mass is 35.5. The molecule has 0 spiro atoms. The van der Waals surface area contributed by atoms with Gasteiger partial charge in [0.25, 0.3) is 15.9 Å². The Morgan fingerprint density at radius 2 is 1.67 bits per heavy atom. The van der Waals surface area contributed by atoms with E-state index >= 15 is 0 Å². The van der Waals surface area contributed by atoms with Gasteiger partial charge in [-0.25, -0.2) is 8.42 Å². The average molecular weight is 443 g/mol. The third kappa shape index (κ3) is 4.66. The van der Waals surface area contributed by atoms with Gasteiger partial charge in [0.2, 0.25) is 0 Å². The number of anilines is 1. The highest BCUT2D eigenvalue weighted by Gasteiger charge is 2.23. The molecule has 0 fully saturated rings. The number of carbonyl (C=O) groups excluding carboxylic acids is 1. The number of sulfonamides is 1. The molecule has 156 valence electrons. The summed E-state index contributed by atoms with van der Waals surface area (Å²) in [6.45, 7) is 3.99. The summed E-state index contributed by atoms with van der Waals surface area (Å²) in [7, 11) is -2.19. The van der Waals surface area contributed by atoms with Crippen LogP contribution in [0.2, 0.25) is 5.02 Å². The predicted molar refractivity (Wildman–Crippen MR) is 121 cm³/mol. The van der Waals surface area contributed by atoms with Crippen molar-refractivity contribution in [2.75, 3.05) is 11.4 Å². The lowest BCUT2D eigenvalue weighted by atomic mass is 10.1. The quantitative estimate of drug-likeness (QED) is 0.601. The summed E-state index contributed by atoms with van der Waals surface area (Å²) in [6, 6.07) is 19.0. The molecule has 3 aromatic rings. The average Bonchev–Trinajstić information content (AvgIpc) is 2.72. The van der Waals surface area contributed by atoms with Gasteiger partial charge in [-0.15, -0.1) is 0 Å². The first-order valence-corrected chi connectivity index (χ1v) is 11.2. The Hall–Kier alpha value is -2.83. The highest BCUT2D eigenvalue weighted by Crippen LogP contribution is 2.26. The smallest absolute Gasteiger partial charge is 0.264 e. The van der Waals surface area contributed by atoms with E-state index in [0.717, 1.165) is 11.1 Å². The number of hydrogen-bond acceptors (Lipinski definition) is 3. The van der Waals surface area contributed by atoms with Gasteiger partial charge in [-0.05, 0) is 61.4 Å². The van der Waals surface area contributed by atoms with E-state index in [1.54, 1.807) is 55.5 Å². The molecule has 7 heteroatoms. The summed E-state index contributed by atoms with van der Waals surface area (Å²) in [4.78, 5) is 12.7. The molecule has 0 radical (unpaired) electrons. The minimum Gasteiger partial charge on any atom is -0.348 e. The van der Waals surface area contributed by atoms with Gasteiger partial charge in [-0.2, -0.15) is 0 Å². The second-order valence-corrected chi connectivity index (χ2v) is 9.44. The first-order valence-electron chi connectivity index (χ1n) is 9.38. The van der Waals surface area contributed by atoms with E-state index in [0.29, 0.717) is 28.4 Å². The van der Waals surface area contributed by atoms with Crippen LogP contribution in [-0.2, 0) is 16.6 Å². The molecule has 0 aliphatic rings. The van der Waals surface area contributed by atoms with Crippen molar-refractivity contribution >= 4 is 33.2 Å². The number of nitrogens with zero attached hydrogens (tertiary/aromatic N) is 1. The van der Waals surface area contributed by atoms with Gasteiger partial charge in [-0.3, -0.25) is 9.10 Å². The number of rotatable bonds is 6. The second-order valence-electron chi connectivity index (χ2n) is 7.06. The highest BCUT2D eigenvalue weighted by molar-refractivity contribution is 7.92. The lowest BCUT2D eigenvalue weighted by molar-refractivity contribution is 0.0951. The van der Waals surface area contributed by atoms with Gasteiger partial charge in [0.15, 0.2) is 0 Å². The third-order valence-corrected chi connectivity index (χ3v) is 7.03. The summed E-state index contributed by atoms with van der Waals surface area (Å²) in [5, 5.41) is 3.43. The molecule has 5 nitrogen and oxygen atoms in total. The first kappa shape index (κ1) is 21.9. The molecule has 0 unspecified atom stereocenters. The molecule has 0 bridgehead atoms. The maximum atomic E-state index is 12.9. The van der Waals surface area contributed by atoms with Gasteiger partial charge < -0.3 is 5.32 Å². The summed E-state index contributed by atoms with van der Waals surface area (Å²) in [5.41, 5.74) is 3.45. The maximum absolute atomic E-state index is 12.9. The van der Waals surface area contributed by atoms with Crippen LogP contribution >= 0.6 is 11.6 Å². The van der Waals surface area contributed by atoms with E-state index in [9.17, 15) is 13.2 Å². The minimum atomic E-state index is -3.70. The predicted octanol–water partition coefficient (Wildman–Crippen LogP) is 4.71. The zero-order valence-electron chi connectivity index (χ0n) is 17.0. The Morgan fingerprint density at radius 1 is 1.00 bits per heavy atom.